The van der Waals surface area contributed by atoms with E-state index in [2.05, 4.69) is 5.32 Å². The molecular weight excluding hydrogens is 224 g/mol. The zero-order chi connectivity index (χ0) is 12.8. The SMILES string of the molecule is CC(CN(C)C(=O)NC1CCCOC1)C(=O)O. The Hall–Kier alpha value is -1.30. The standard InChI is InChI=1S/C11H20N2O4/c1-8(10(14)15)6-13(2)11(16)12-9-4-3-5-17-7-9/h8-9H,3-7H2,1-2H3,(H,12,16)(H,14,15). The Morgan fingerprint density at radius 2 is 2.29 bits per heavy atom. The maximum atomic E-state index is 11.7. The second kappa shape index (κ2) is 6.44. The lowest BCUT2D eigenvalue weighted by Gasteiger charge is -2.27. The van der Waals surface area contributed by atoms with Crippen LogP contribution in [-0.2, 0) is 9.53 Å². The normalized spacial score (nSPS) is 21.6. The van der Waals surface area contributed by atoms with Gasteiger partial charge in [0.05, 0.1) is 18.6 Å². The van der Waals surface area contributed by atoms with Crippen molar-refractivity contribution in [3.8, 4) is 0 Å². The minimum Gasteiger partial charge on any atom is -0.481 e. The van der Waals surface area contributed by atoms with Crippen molar-refractivity contribution in [2.45, 2.75) is 25.8 Å². The Kier molecular flexibility index (Phi) is 5.21. The zero-order valence-electron chi connectivity index (χ0n) is 10.3. The highest BCUT2D eigenvalue weighted by Crippen LogP contribution is 2.06. The van der Waals surface area contributed by atoms with Crippen LogP contribution in [0.25, 0.3) is 0 Å². The molecular formula is C11H20N2O4. The van der Waals surface area contributed by atoms with Gasteiger partial charge in [-0.05, 0) is 12.8 Å². The molecule has 1 saturated heterocycles. The molecule has 1 fully saturated rings. The number of amides is 2. The number of carboxylic acid groups (broad SMARTS) is 1. The van der Waals surface area contributed by atoms with Crippen molar-refractivity contribution in [1.29, 1.82) is 0 Å². The van der Waals surface area contributed by atoms with Crippen LogP contribution in [0.5, 0.6) is 0 Å². The molecule has 6 heteroatoms. The van der Waals surface area contributed by atoms with Crippen LogP contribution in [-0.4, -0.2) is 54.9 Å². The van der Waals surface area contributed by atoms with Crippen LogP contribution in [0.1, 0.15) is 19.8 Å². The van der Waals surface area contributed by atoms with Gasteiger partial charge in [0.15, 0.2) is 0 Å². The van der Waals surface area contributed by atoms with E-state index < -0.39 is 11.9 Å². The fourth-order valence-corrected chi connectivity index (χ4v) is 1.71. The first-order valence-electron chi connectivity index (χ1n) is 5.83. The molecule has 0 radical (unpaired) electrons. The van der Waals surface area contributed by atoms with Gasteiger partial charge < -0.3 is 20.1 Å². The van der Waals surface area contributed by atoms with Gasteiger partial charge in [-0.2, -0.15) is 0 Å². The molecule has 1 aliphatic rings. The van der Waals surface area contributed by atoms with Crippen molar-refractivity contribution >= 4 is 12.0 Å². The quantitative estimate of drug-likeness (QED) is 0.756. The second-order valence-corrected chi connectivity index (χ2v) is 4.48. The lowest BCUT2D eigenvalue weighted by atomic mass is 10.1. The minimum atomic E-state index is -0.898. The van der Waals surface area contributed by atoms with Crippen LogP contribution >= 0.6 is 0 Å². The summed E-state index contributed by atoms with van der Waals surface area (Å²) >= 11 is 0. The topological polar surface area (TPSA) is 78.9 Å². The summed E-state index contributed by atoms with van der Waals surface area (Å²) in [6.45, 7) is 3.07. The van der Waals surface area contributed by atoms with Crippen molar-refractivity contribution in [3.05, 3.63) is 0 Å². The van der Waals surface area contributed by atoms with Crippen LogP contribution in [0.2, 0.25) is 0 Å². The molecule has 0 saturated carbocycles. The van der Waals surface area contributed by atoms with Crippen LogP contribution in [0.3, 0.4) is 0 Å². The van der Waals surface area contributed by atoms with Crippen LogP contribution in [0.15, 0.2) is 0 Å². The molecule has 17 heavy (non-hydrogen) atoms. The fraction of sp³-hybridized carbons (Fsp3) is 0.818. The Morgan fingerprint density at radius 3 is 2.82 bits per heavy atom. The summed E-state index contributed by atoms with van der Waals surface area (Å²) in [7, 11) is 1.60. The van der Waals surface area contributed by atoms with Crippen LogP contribution in [0.4, 0.5) is 4.79 Å². The number of hydrogen-bond donors (Lipinski definition) is 2. The van der Waals surface area contributed by atoms with E-state index in [1.165, 1.54) is 4.90 Å². The van der Waals surface area contributed by atoms with E-state index in [1.54, 1.807) is 14.0 Å². The third-order valence-corrected chi connectivity index (χ3v) is 2.80. The van der Waals surface area contributed by atoms with Gasteiger partial charge >= 0.3 is 12.0 Å². The summed E-state index contributed by atoms with van der Waals surface area (Å²) in [6, 6.07) is -0.201. The molecule has 1 aliphatic heterocycles. The number of rotatable bonds is 4. The molecule has 2 N–H and O–H groups in total. The summed E-state index contributed by atoms with van der Waals surface area (Å²) in [5.74, 6) is -1.46. The van der Waals surface area contributed by atoms with Gasteiger partial charge in [0.2, 0.25) is 0 Å². The molecule has 0 spiro atoms. The predicted octanol–water partition coefficient (Wildman–Crippen LogP) is 0.527. The molecule has 0 bridgehead atoms. The number of urea groups is 1. The maximum Gasteiger partial charge on any atom is 0.317 e. The van der Waals surface area contributed by atoms with Gasteiger partial charge in [-0.3, -0.25) is 4.79 Å². The molecule has 2 amide bonds. The molecule has 2 atom stereocenters. The molecule has 1 rings (SSSR count). The summed E-state index contributed by atoms with van der Waals surface area (Å²) in [5, 5.41) is 11.6. The average molecular weight is 244 g/mol. The third-order valence-electron chi connectivity index (χ3n) is 2.80. The lowest BCUT2D eigenvalue weighted by molar-refractivity contribution is -0.141. The van der Waals surface area contributed by atoms with Crippen molar-refractivity contribution in [2.75, 3.05) is 26.8 Å². The van der Waals surface area contributed by atoms with E-state index in [9.17, 15) is 9.59 Å². The average Bonchev–Trinajstić information content (AvgIpc) is 2.29. The highest BCUT2D eigenvalue weighted by Gasteiger charge is 2.21. The molecule has 1 heterocycles. The van der Waals surface area contributed by atoms with E-state index in [0.29, 0.717) is 6.61 Å². The number of carbonyl (C=O) groups excluding carboxylic acids is 1. The highest BCUT2D eigenvalue weighted by atomic mass is 16.5. The van der Waals surface area contributed by atoms with Gasteiger partial charge in [-0.25, -0.2) is 4.79 Å². The Labute approximate surface area is 101 Å². The minimum absolute atomic E-state index is 0.0406. The second-order valence-electron chi connectivity index (χ2n) is 4.48. The van der Waals surface area contributed by atoms with E-state index in [4.69, 9.17) is 9.84 Å². The Balaban J connectivity index is 2.33. The number of carboxylic acids is 1. The van der Waals surface area contributed by atoms with Gasteiger partial charge in [0.25, 0.3) is 0 Å². The van der Waals surface area contributed by atoms with Crippen molar-refractivity contribution < 1.29 is 19.4 Å². The number of aliphatic carboxylic acids is 1. The summed E-state index contributed by atoms with van der Waals surface area (Å²) in [4.78, 5) is 23.8. The predicted molar refractivity (Wildman–Crippen MR) is 61.8 cm³/mol. The van der Waals surface area contributed by atoms with Crippen LogP contribution in [0, 0.1) is 5.92 Å². The van der Waals surface area contributed by atoms with Gasteiger partial charge in [0, 0.05) is 20.2 Å². The Morgan fingerprint density at radius 1 is 1.59 bits per heavy atom. The Bertz CT molecular complexity index is 277. The van der Waals surface area contributed by atoms with Crippen molar-refractivity contribution in [1.82, 2.24) is 10.2 Å². The molecule has 0 aromatic carbocycles. The molecule has 0 aliphatic carbocycles. The first kappa shape index (κ1) is 13.8. The van der Waals surface area contributed by atoms with E-state index in [1.807, 2.05) is 0 Å². The van der Waals surface area contributed by atoms with Crippen molar-refractivity contribution in [2.24, 2.45) is 5.92 Å². The number of carbonyl (C=O) groups is 2. The third kappa shape index (κ3) is 4.60. The van der Waals surface area contributed by atoms with E-state index in [0.717, 1.165) is 19.4 Å². The summed E-state index contributed by atoms with van der Waals surface area (Å²) in [6.07, 6.45) is 1.86. The van der Waals surface area contributed by atoms with Crippen LogP contribution < -0.4 is 5.32 Å². The maximum absolute atomic E-state index is 11.7. The number of nitrogens with zero attached hydrogens (tertiary/aromatic N) is 1. The number of nitrogens with one attached hydrogen (secondary N) is 1. The van der Waals surface area contributed by atoms with Gasteiger partial charge in [-0.15, -0.1) is 0 Å². The largest absolute Gasteiger partial charge is 0.481 e. The smallest absolute Gasteiger partial charge is 0.317 e. The zero-order valence-corrected chi connectivity index (χ0v) is 10.3. The number of hydrogen-bond acceptors (Lipinski definition) is 3. The highest BCUT2D eigenvalue weighted by molar-refractivity contribution is 5.76. The van der Waals surface area contributed by atoms with E-state index >= 15 is 0 Å². The molecule has 0 aromatic heterocycles. The number of ether oxygens (including phenoxy) is 1. The van der Waals surface area contributed by atoms with Gasteiger partial charge in [-0.1, -0.05) is 6.92 Å². The lowest BCUT2D eigenvalue weighted by Crippen LogP contribution is -2.47. The monoisotopic (exact) mass is 244 g/mol. The van der Waals surface area contributed by atoms with Gasteiger partial charge in [0.1, 0.15) is 0 Å². The molecule has 6 nitrogen and oxygen atoms in total. The first-order valence-corrected chi connectivity index (χ1v) is 5.83. The summed E-state index contributed by atoms with van der Waals surface area (Å²) in [5.41, 5.74) is 0. The molecule has 0 aromatic rings. The first-order chi connectivity index (χ1) is 8.00. The van der Waals surface area contributed by atoms with E-state index in [-0.39, 0.29) is 18.6 Å². The molecule has 2 unspecified atom stereocenters. The fourth-order valence-electron chi connectivity index (χ4n) is 1.71. The summed E-state index contributed by atoms with van der Waals surface area (Å²) < 4.78 is 5.25. The molecule has 98 valence electrons. The van der Waals surface area contributed by atoms with Crippen molar-refractivity contribution in [3.63, 3.8) is 0 Å².